The van der Waals surface area contributed by atoms with E-state index in [0.29, 0.717) is 22.9 Å². The average Bonchev–Trinajstić information content (AvgIpc) is 3.35. The Morgan fingerprint density at radius 3 is 1.48 bits per heavy atom. The van der Waals surface area contributed by atoms with Gasteiger partial charge in [0.05, 0.1) is 0 Å². The second-order valence-corrected chi connectivity index (χ2v) is 7.13. The number of carbonyl (C=O) groups is 1. The van der Waals surface area contributed by atoms with Crippen molar-refractivity contribution in [2.24, 2.45) is 0 Å². The Balaban J connectivity index is 1.35. The monoisotopic (exact) mass is 402 g/mol. The first-order valence-corrected chi connectivity index (χ1v) is 9.97. The predicted molar refractivity (Wildman–Crippen MR) is 120 cm³/mol. The Hall–Kier alpha value is -4.31. The fourth-order valence-electron chi connectivity index (χ4n) is 3.41. The standard InChI is InChI=1S/C27H18N2O2/c30-25(21-7-3-1-4-8-21)22-15-11-19(12-16-22)20-13-17-24(18-14-20)27-29-28-26(31-27)23-9-5-2-6-10-23/h1-18H. The second kappa shape index (κ2) is 8.20. The normalized spacial score (nSPS) is 10.7. The molecule has 5 aromatic rings. The smallest absolute Gasteiger partial charge is 0.248 e. The minimum atomic E-state index is 0.0214. The highest BCUT2D eigenvalue weighted by Gasteiger charge is 2.11. The van der Waals surface area contributed by atoms with E-state index in [1.54, 1.807) is 0 Å². The molecule has 1 heterocycles. The highest BCUT2D eigenvalue weighted by molar-refractivity contribution is 6.09. The number of nitrogens with zero attached hydrogens (tertiary/aromatic N) is 2. The number of carbonyl (C=O) groups excluding carboxylic acids is 1. The summed E-state index contributed by atoms with van der Waals surface area (Å²) in [5, 5.41) is 8.32. The van der Waals surface area contributed by atoms with Crippen LogP contribution in [0.2, 0.25) is 0 Å². The number of hydrogen-bond donors (Lipinski definition) is 0. The van der Waals surface area contributed by atoms with Crippen LogP contribution in [0.25, 0.3) is 34.0 Å². The van der Waals surface area contributed by atoms with Crippen molar-refractivity contribution in [1.29, 1.82) is 0 Å². The van der Waals surface area contributed by atoms with Gasteiger partial charge in [-0.1, -0.05) is 84.9 Å². The van der Waals surface area contributed by atoms with Crippen molar-refractivity contribution >= 4 is 5.78 Å². The third kappa shape index (κ3) is 3.91. The molecule has 0 amide bonds. The van der Waals surface area contributed by atoms with Crippen molar-refractivity contribution < 1.29 is 9.21 Å². The molecular weight excluding hydrogens is 384 g/mol. The average molecular weight is 402 g/mol. The van der Waals surface area contributed by atoms with E-state index in [0.717, 1.165) is 22.3 Å². The lowest BCUT2D eigenvalue weighted by Crippen LogP contribution is -2.00. The van der Waals surface area contributed by atoms with Gasteiger partial charge in [-0.2, -0.15) is 0 Å². The molecule has 148 valence electrons. The fraction of sp³-hybridized carbons (Fsp3) is 0. The molecule has 0 spiro atoms. The molecule has 0 aliphatic heterocycles. The van der Waals surface area contributed by atoms with E-state index in [2.05, 4.69) is 10.2 Å². The molecule has 4 nitrogen and oxygen atoms in total. The lowest BCUT2D eigenvalue weighted by molar-refractivity contribution is 0.103. The zero-order chi connectivity index (χ0) is 21.0. The van der Waals surface area contributed by atoms with E-state index in [9.17, 15) is 4.79 Å². The van der Waals surface area contributed by atoms with Crippen LogP contribution in [0.1, 0.15) is 15.9 Å². The van der Waals surface area contributed by atoms with Crippen LogP contribution in [-0.2, 0) is 0 Å². The minimum Gasteiger partial charge on any atom is -0.416 e. The first-order valence-electron chi connectivity index (χ1n) is 9.97. The van der Waals surface area contributed by atoms with Crippen LogP contribution < -0.4 is 0 Å². The number of ketones is 1. The third-order valence-electron chi connectivity index (χ3n) is 5.09. The maximum atomic E-state index is 12.6. The third-order valence-corrected chi connectivity index (χ3v) is 5.09. The van der Waals surface area contributed by atoms with Gasteiger partial charge in [0.15, 0.2) is 5.78 Å². The van der Waals surface area contributed by atoms with E-state index in [1.807, 2.05) is 109 Å². The topological polar surface area (TPSA) is 56.0 Å². The van der Waals surface area contributed by atoms with Crippen molar-refractivity contribution in [1.82, 2.24) is 10.2 Å². The fourth-order valence-corrected chi connectivity index (χ4v) is 3.41. The maximum absolute atomic E-state index is 12.6. The molecule has 0 unspecified atom stereocenters. The van der Waals surface area contributed by atoms with E-state index in [1.165, 1.54) is 0 Å². The summed E-state index contributed by atoms with van der Waals surface area (Å²) in [6.07, 6.45) is 0. The van der Waals surface area contributed by atoms with Crippen LogP contribution in [-0.4, -0.2) is 16.0 Å². The Morgan fingerprint density at radius 1 is 0.484 bits per heavy atom. The molecule has 0 saturated carbocycles. The molecule has 31 heavy (non-hydrogen) atoms. The summed E-state index contributed by atoms with van der Waals surface area (Å²) in [6, 6.07) is 34.6. The van der Waals surface area contributed by atoms with Gasteiger partial charge >= 0.3 is 0 Å². The summed E-state index contributed by atoms with van der Waals surface area (Å²) >= 11 is 0. The lowest BCUT2D eigenvalue weighted by Gasteiger charge is -2.05. The molecule has 0 radical (unpaired) electrons. The molecular formula is C27H18N2O2. The SMILES string of the molecule is O=C(c1ccccc1)c1ccc(-c2ccc(-c3nnc(-c4ccccc4)o3)cc2)cc1. The zero-order valence-electron chi connectivity index (χ0n) is 16.6. The van der Waals surface area contributed by atoms with E-state index in [-0.39, 0.29) is 5.78 Å². The van der Waals surface area contributed by atoms with E-state index in [4.69, 9.17) is 4.42 Å². The van der Waals surface area contributed by atoms with Crippen molar-refractivity contribution in [2.75, 3.05) is 0 Å². The van der Waals surface area contributed by atoms with Crippen molar-refractivity contribution in [3.05, 3.63) is 120 Å². The van der Waals surface area contributed by atoms with Crippen molar-refractivity contribution in [2.45, 2.75) is 0 Å². The number of rotatable bonds is 5. The van der Waals surface area contributed by atoms with Gasteiger partial charge in [0.1, 0.15) is 0 Å². The molecule has 0 fully saturated rings. The molecule has 5 rings (SSSR count). The number of benzene rings is 4. The Bertz CT molecular complexity index is 1310. The molecule has 4 aromatic carbocycles. The van der Waals surface area contributed by atoms with Crippen LogP contribution in [0, 0.1) is 0 Å². The van der Waals surface area contributed by atoms with Gasteiger partial charge in [0, 0.05) is 22.3 Å². The van der Waals surface area contributed by atoms with Crippen LogP contribution in [0.3, 0.4) is 0 Å². The van der Waals surface area contributed by atoms with Gasteiger partial charge in [-0.05, 0) is 35.4 Å². The first kappa shape index (κ1) is 18.7. The minimum absolute atomic E-state index is 0.0214. The number of hydrogen-bond acceptors (Lipinski definition) is 4. The van der Waals surface area contributed by atoms with Gasteiger partial charge in [-0.3, -0.25) is 4.79 Å². The van der Waals surface area contributed by atoms with Crippen LogP contribution in [0.15, 0.2) is 114 Å². The van der Waals surface area contributed by atoms with E-state index < -0.39 is 0 Å². The van der Waals surface area contributed by atoms with Crippen molar-refractivity contribution in [3.63, 3.8) is 0 Å². The van der Waals surface area contributed by atoms with Gasteiger partial charge in [0.25, 0.3) is 0 Å². The Labute approximate surface area is 179 Å². The first-order chi connectivity index (χ1) is 15.3. The highest BCUT2D eigenvalue weighted by atomic mass is 16.4. The molecule has 0 N–H and O–H groups in total. The van der Waals surface area contributed by atoms with Crippen LogP contribution in [0.5, 0.6) is 0 Å². The highest BCUT2D eigenvalue weighted by Crippen LogP contribution is 2.27. The van der Waals surface area contributed by atoms with E-state index >= 15 is 0 Å². The van der Waals surface area contributed by atoms with Gasteiger partial charge in [-0.15, -0.1) is 10.2 Å². The van der Waals surface area contributed by atoms with Crippen molar-refractivity contribution in [3.8, 4) is 34.0 Å². The zero-order valence-corrected chi connectivity index (χ0v) is 16.6. The Kier molecular flexibility index (Phi) is 4.95. The maximum Gasteiger partial charge on any atom is 0.248 e. The molecule has 4 heteroatoms. The number of aromatic nitrogens is 2. The van der Waals surface area contributed by atoms with Gasteiger partial charge < -0.3 is 4.42 Å². The molecule has 0 atom stereocenters. The second-order valence-electron chi connectivity index (χ2n) is 7.13. The molecule has 0 saturated heterocycles. The summed E-state index contributed by atoms with van der Waals surface area (Å²) < 4.78 is 5.83. The summed E-state index contributed by atoms with van der Waals surface area (Å²) in [6.45, 7) is 0. The molecule has 1 aromatic heterocycles. The summed E-state index contributed by atoms with van der Waals surface area (Å²) in [7, 11) is 0. The van der Waals surface area contributed by atoms with Crippen LogP contribution >= 0.6 is 0 Å². The predicted octanol–water partition coefficient (Wildman–Crippen LogP) is 6.30. The van der Waals surface area contributed by atoms with Crippen LogP contribution in [0.4, 0.5) is 0 Å². The summed E-state index contributed by atoms with van der Waals surface area (Å²) in [5.41, 5.74) is 5.19. The summed E-state index contributed by atoms with van der Waals surface area (Å²) in [4.78, 5) is 12.6. The Morgan fingerprint density at radius 2 is 0.903 bits per heavy atom. The van der Waals surface area contributed by atoms with Gasteiger partial charge in [0.2, 0.25) is 11.8 Å². The van der Waals surface area contributed by atoms with Gasteiger partial charge in [-0.25, -0.2) is 0 Å². The molecule has 0 aliphatic rings. The molecule has 0 bridgehead atoms. The summed E-state index contributed by atoms with van der Waals surface area (Å²) in [5.74, 6) is 1.00. The molecule has 0 aliphatic carbocycles. The largest absolute Gasteiger partial charge is 0.416 e. The quantitative estimate of drug-likeness (QED) is 0.324. The lowest BCUT2D eigenvalue weighted by atomic mass is 9.99.